The van der Waals surface area contributed by atoms with Crippen LogP contribution in [0, 0.1) is 23.6 Å². The largest absolute Gasteiger partial charge is 0.299 e. The molecule has 0 aliphatic heterocycles. The first kappa shape index (κ1) is 13.3. The van der Waals surface area contributed by atoms with Crippen molar-refractivity contribution in [2.75, 3.05) is 0 Å². The maximum Gasteiger partial charge on any atom is 0.137 e. The summed E-state index contributed by atoms with van der Waals surface area (Å²) in [4.78, 5) is 12.1. The van der Waals surface area contributed by atoms with Crippen molar-refractivity contribution in [2.24, 2.45) is 17.8 Å². The van der Waals surface area contributed by atoms with Crippen molar-refractivity contribution >= 4 is 21.7 Å². The first-order chi connectivity index (χ1) is 9.10. The van der Waals surface area contributed by atoms with Crippen molar-refractivity contribution in [1.82, 2.24) is 0 Å². The van der Waals surface area contributed by atoms with E-state index in [-0.39, 0.29) is 11.6 Å². The third-order valence-electron chi connectivity index (χ3n) is 4.70. The standard InChI is InChI=1S/C16H18BrFO/c17-14-5-11(6-15(18)9-14)7-16(19)8-13-4-10-1-2-12(13)3-10/h5-6,9-10,12-13H,1-4,7-8H2. The Morgan fingerprint density at radius 3 is 2.74 bits per heavy atom. The second-order valence-corrected chi connectivity index (χ2v) is 7.05. The number of carbonyl (C=O) groups is 1. The normalized spacial score (nSPS) is 28.8. The minimum absolute atomic E-state index is 0.259. The van der Waals surface area contributed by atoms with E-state index >= 15 is 0 Å². The molecule has 3 heteroatoms. The van der Waals surface area contributed by atoms with Gasteiger partial charge < -0.3 is 0 Å². The van der Waals surface area contributed by atoms with Crippen molar-refractivity contribution in [3.05, 3.63) is 34.1 Å². The lowest BCUT2D eigenvalue weighted by Crippen LogP contribution is -2.16. The predicted molar refractivity (Wildman–Crippen MR) is 76.4 cm³/mol. The van der Waals surface area contributed by atoms with Gasteiger partial charge in [-0.2, -0.15) is 0 Å². The summed E-state index contributed by atoms with van der Waals surface area (Å²) in [6.07, 6.45) is 6.31. The number of ketones is 1. The second kappa shape index (κ2) is 5.35. The van der Waals surface area contributed by atoms with Crippen molar-refractivity contribution in [3.63, 3.8) is 0 Å². The molecule has 3 atom stereocenters. The van der Waals surface area contributed by atoms with E-state index in [0.29, 0.717) is 23.2 Å². The zero-order valence-corrected chi connectivity index (χ0v) is 12.5. The molecule has 0 aromatic heterocycles. The molecule has 2 aliphatic rings. The van der Waals surface area contributed by atoms with Crippen LogP contribution in [0.3, 0.4) is 0 Å². The molecule has 2 fully saturated rings. The highest BCUT2D eigenvalue weighted by atomic mass is 79.9. The lowest BCUT2D eigenvalue weighted by molar-refractivity contribution is -0.119. The maximum atomic E-state index is 13.3. The first-order valence-electron chi connectivity index (χ1n) is 7.07. The maximum absolute atomic E-state index is 13.3. The number of halogens is 2. The van der Waals surface area contributed by atoms with Crippen LogP contribution in [0.2, 0.25) is 0 Å². The van der Waals surface area contributed by atoms with Crippen LogP contribution in [0.5, 0.6) is 0 Å². The fourth-order valence-electron chi connectivity index (χ4n) is 3.93. The highest BCUT2D eigenvalue weighted by Crippen LogP contribution is 2.49. The fourth-order valence-corrected chi connectivity index (χ4v) is 4.44. The van der Waals surface area contributed by atoms with Gasteiger partial charge in [-0.15, -0.1) is 0 Å². The van der Waals surface area contributed by atoms with E-state index in [4.69, 9.17) is 0 Å². The lowest BCUT2D eigenvalue weighted by Gasteiger charge is -2.20. The smallest absolute Gasteiger partial charge is 0.137 e. The van der Waals surface area contributed by atoms with Gasteiger partial charge in [-0.1, -0.05) is 22.4 Å². The van der Waals surface area contributed by atoms with Gasteiger partial charge in [-0.25, -0.2) is 4.39 Å². The van der Waals surface area contributed by atoms with Crippen LogP contribution >= 0.6 is 15.9 Å². The van der Waals surface area contributed by atoms with Gasteiger partial charge in [0.25, 0.3) is 0 Å². The average molecular weight is 325 g/mol. The summed E-state index contributed by atoms with van der Waals surface area (Å²) in [5, 5.41) is 0. The molecule has 3 unspecified atom stereocenters. The summed E-state index contributed by atoms with van der Waals surface area (Å²) < 4.78 is 14.0. The van der Waals surface area contributed by atoms with Gasteiger partial charge in [0.05, 0.1) is 0 Å². The minimum atomic E-state index is -0.280. The Morgan fingerprint density at radius 1 is 1.26 bits per heavy atom. The number of fused-ring (bicyclic) bond motifs is 2. The molecule has 1 nitrogen and oxygen atoms in total. The summed E-state index contributed by atoms with van der Waals surface area (Å²) in [7, 11) is 0. The SMILES string of the molecule is O=C(Cc1cc(F)cc(Br)c1)CC1CC2CCC1C2. The molecular formula is C16H18BrFO. The van der Waals surface area contributed by atoms with Gasteiger partial charge in [-0.05, 0) is 60.8 Å². The zero-order chi connectivity index (χ0) is 13.4. The van der Waals surface area contributed by atoms with Crippen LogP contribution < -0.4 is 0 Å². The molecule has 102 valence electrons. The molecule has 3 rings (SSSR count). The lowest BCUT2D eigenvalue weighted by atomic mass is 9.84. The molecule has 0 saturated heterocycles. The van der Waals surface area contributed by atoms with Gasteiger partial charge in [0.2, 0.25) is 0 Å². The van der Waals surface area contributed by atoms with Gasteiger partial charge in [-0.3, -0.25) is 4.79 Å². The molecule has 1 aromatic carbocycles. The summed E-state index contributed by atoms with van der Waals surface area (Å²) in [5.41, 5.74) is 0.778. The summed E-state index contributed by atoms with van der Waals surface area (Å²) >= 11 is 3.27. The van der Waals surface area contributed by atoms with Crippen LogP contribution in [0.25, 0.3) is 0 Å². The molecule has 1 aromatic rings. The van der Waals surface area contributed by atoms with Crippen LogP contribution in [0.15, 0.2) is 22.7 Å². The summed E-state index contributed by atoms with van der Waals surface area (Å²) in [5.74, 6) is 2.25. The first-order valence-corrected chi connectivity index (χ1v) is 7.86. The number of Topliss-reactive ketones (excluding diaryl/α,β-unsaturated/α-hetero) is 1. The van der Waals surface area contributed by atoms with Gasteiger partial charge in [0.15, 0.2) is 0 Å². The monoisotopic (exact) mass is 324 g/mol. The van der Waals surface area contributed by atoms with Crippen LogP contribution in [-0.2, 0) is 11.2 Å². The van der Waals surface area contributed by atoms with E-state index in [9.17, 15) is 9.18 Å². The van der Waals surface area contributed by atoms with Gasteiger partial charge >= 0.3 is 0 Å². The number of benzene rings is 1. The molecule has 0 N–H and O–H groups in total. The van der Waals surface area contributed by atoms with E-state index < -0.39 is 0 Å². The Morgan fingerprint density at radius 2 is 2.11 bits per heavy atom. The number of hydrogen-bond acceptors (Lipinski definition) is 1. The van der Waals surface area contributed by atoms with E-state index in [2.05, 4.69) is 15.9 Å². The highest BCUT2D eigenvalue weighted by Gasteiger charge is 2.39. The molecule has 2 aliphatic carbocycles. The molecule has 2 saturated carbocycles. The van der Waals surface area contributed by atoms with Gasteiger partial charge in [0.1, 0.15) is 11.6 Å². The molecular weight excluding hydrogens is 307 g/mol. The Labute approximate surface area is 121 Å². The number of rotatable bonds is 4. The second-order valence-electron chi connectivity index (χ2n) is 6.13. The van der Waals surface area contributed by atoms with Crippen LogP contribution in [0.4, 0.5) is 4.39 Å². The fraction of sp³-hybridized carbons (Fsp3) is 0.562. The molecule has 0 amide bonds. The quantitative estimate of drug-likeness (QED) is 0.795. The van der Waals surface area contributed by atoms with Crippen molar-refractivity contribution in [3.8, 4) is 0 Å². The minimum Gasteiger partial charge on any atom is -0.299 e. The van der Waals surface area contributed by atoms with Crippen LogP contribution in [0.1, 0.15) is 37.7 Å². The van der Waals surface area contributed by atoms with E-state index in [0.717, 1.165) is 17.4 Å². The Bertz CT molecular complexity index is 479. The summed E-state index contributed by atoms with van der Waals surface area (Å²) in [6, 6.07) is 4.72. The van der Waals surface area contributed by atoms with E-state index in [1.165, 1.54) is 37.8 Å². The average Bonchev–Trinajstić information content (AvgIpc) is 2.88. The zero-order valence-electron chi connectivity index (χ0n) is 10.9. The van der Waals surface area contributed by atoms with Crippen molar-refractivity contribution in [2.45, 2.75) is 38.5 Å². The topological polar surface area (TPSA) is 17.1 Å². The molecule has 0 radical (unpaired) electrons. The third-order valence-corrected chi connectivity index (χ3v) is 5.16. The van der Waals surface area contributed by atoms with E-state index in [1.54, 1.807) is 0 Å². The summed E-state index contributed by atoms with van der Waals surface area (Å²) in [6.45, 7) is 0. The Balaban J connectivity index is 1.59. The molecule has 0 heterocycles. The Hall–Kier alpha value is -0.700. The third kappa shape index (κ3) is 3.07. The molecule has 0 spiro atoms. The Kier molecular flexibility index (Phi) is 3.75. The number of hydrogen-bond donors (Lipinski definition) is 0. The molecule has 2 bridgehead atoms. The van der Waals surface area contributed by atoms with Gasteiger partial charge in [0, 0.05) is 17.3 Å². The van der Waals surface area contributed by atoms with Crippen molar-refractivity contribution < 1.29 is 9.18 Å². The number of carbonyl (C=O) groups excluding carboxylic acids is 1. The van der Waals surface area contributed by atoms with E-state index in [1.807, 2.05) is 6.07 Å². The highest BCUT2D eigenvalue weighted by molar-refractivity contribution is 9.10. The van der Waals surface area contributed by atoms with Crippen molar-refractivity contribution in [1.29, 1.82) is 0 Å². The molecule has 19 heavy (non-hydrogen) atoms. The predicted octanol–water partition coefficient (Wildman–Crippen LogP) is 4.53. The van der Waals surface area contributed by atoms with Crippen LogP contribution in [-0.4, -0.2) is 5.78 Å².